The third kappa shape index (κ3) is 4.28. The molecule has 4 heteroatoms. The van der Waals surface area contributed by atoms with Crippen LogP contribution in [0.3, 0.4) is 0 Å². The number of carbonyl (C=O) groups excluding carboxylic acids is 1. The van der Waals surface area contributed by atoms with Gasteiger partial charge in [-0.25, -0.2) is 0 Å². The van der Waals surface area contributed by atoms with E-state index in [4.69, 9.17) is 4.42 Å². The van der Waals surface area contributed by atoms with Crippen LogP contribution in [0.4, 0.5) is 0 Å². The Morgan fingerprint density at radius 3 is 2.50 bits per heavy atom. The third-order valence-corrected chi connectivity index (χ3v) is 5.75. The van der Waals surface area contributed by atoms with E-state index in [9.17, 15) is 4.79 Å². The summed E-state index contributed by atoms with van der Waals surface area (Å²) in [4.78, 5) is 15.5. The lowest BCUT2D eigenvalue weighted by atomic mass is 9.97. The molecule has 0 saturated carbocycles. The van der Waals surface area contributed by atoms with E-state index in [1.807, 2.05) is 48.5 Å². The first-order chi connectivity index (χ1) is 13.7. The van der Waals surface area contributed by atoms with Gasteiger partial charge >= 0.3 is 0 Å². The van der Waals surface area contributed by atoms with Gasteiger partial charge in [-0.05, 0) is 57.0 Å². The Morgan fingerprint density at radius 1 is 1.04 bits per heavy atom. The maximum Gasteiger partial charge on any atom is 0.287 e. The van der Waals surface area contributed by atoms with Crippen molar-refractivity contribution in [2.24, 2.45) is 0 Å². The average molecular weight is 377 g/mol. The monoisotopic (exact) mass is 376 g/mol. The molecule has 0 aliphatic carbocycles. The smallest absolute Gasteiger partial charge is 0.287 e. The van der Waals surface area contributed by atoms with Gasteiger partial charge in [-0.15, -0.1) is 0 Å². The van der Waals surface area contributed by atoms with Crippen LogP contribution in [-0.2, 0) is 0 Å². The number of piperidine rings is 1. The minimum absolute atomic E-state index is 0.0427. The van der Waals surface area contributed by atoms with Crippen LogP contribution in [0.5, 0.6) is 0 Å². The molecule has 4 nitrogen and oxygen atoms in total. The molecule has 1 aromatic heterocycles. The maximum atomic E-state index is 12.9. The summed E-state index contributed by atoms with van der Waals surface area (Å²) in [6, 6.07) is 20.2. The molecule has 3 aromatic rings. The molecule has 0 radical (unpaired) electrons. The van der Waals surface area contributed by atoms with E-state index >= 15 is 0 Å². The van der Waals surface area contributed by atoms with Gasteiger partial charge in [-0.3, -0.25) is 4.79 Å². The second-order valence-corrected chi connectivity index (χ2v) is 7.77. The van der Waals surface area contributed by atoms with Crippen LogP contribution in [-0.4, -0.2) is 29.9 Å². The molecule has 2 heterocycles. The molecular weight excluding hydrogens is 348 g/mol. The number of amides is 1. The Bertz CT molecular complexity index is 880. The number of fused-ring (bicyclic) bond motifs is 1. The van der Waals surface area contributed by atoms with Gasteiger partial charge in [-0.1, -0.05) is 55.0 Å². The molecule has 2 atom stereocenters. The Balaban J connectivity index is 1.52. The first-order valence-electron chi connectivity index (χ1n) is 10.3. The molecule has 1 saturated heterocycles. The maximum absolute atomic E-state index is 12.9. The summed E-state index contributed by atoms with van der Waals surface area (Å²) >= 11 is 0. The second-order valence-electron chi connectivity index (χ2n) is 7.77. The largest absolute Gasteiger partial charge is 0.451 e. The normalized spacial score (nSPS) is 17.3. The van der Waals surface area contributed by atoms with Crippen molar-refractivity contribution < 1.29 is 9.21 Å². The van der Waals surface area contributed by atoms with Crippen LogP contribution in [0.15, 0.2) is 65.1 Å². The van der Waals surface area contributed by atoms with Gasteiger partial charge in [0.1, 0.15) is 5.58 Å². The average Bonchev–Trinajstić information content (AvgIpc) is 3.19. The van der Waals surface area contributed by atoms with Crippen LogP contribution in [0.25, 0.3) is 11.0 Å². The number of hydrogen-bond donors (Lipinski definition) is 1. The Morgan fingerprint density at radius 2 is 1.75 bits per heavy atom. The van der Waals surface area contributed by atoms with Crippen molar-refractivity contribution in [2.75, 3.05) is 13.1 Å². The van der Waals surface area contributed by atoms with E-state index in [2.05, 4.69) is 29.3 Å². The van der Waals surface area contributed by atoms with Crippen LogP contribution in [0.2, 0.25) is 0 Å². The molecule has 1 N–H and O–H groups in total. The van der Waals surface area contributed by atoms with Crippen molar-refractivity contribution in [1.29, 1.82) is 0 Å². The summed E-state index contributed by atoms with van der Waals surface area (Å²) in [5.41, 5.74) is 1.88. The summed E-state index contributed by atoms with van der Waals surface area (Å²) in [5.74, 6) is 0.212. The van der Waals surface area contributed by atoms with Gasteiger partial charge in [-0.2, -0.15) is 0 Å². The molecule has 0 bridgehead atoms. The minimum atomic E-state index is -0.157. The quantitative estimate of drug-likeness (QED) is 0.646. The lowest BCUT2D eigenvalue weighted by Gasteiger charge is -2.34. The molecule has 2 unspecified atom stereocenters. The van der Waals surface area contributed by atoms with Crippen LogP contribution >= 0.6 is 0 Å². The van der Waals surface area contributed by atoms with Crippen molar-refractivity contribution >= 4 is 16.9 Å². The van der Waals surface area contributed by atoms with Gasteiger partial charge in [0.05, 0.1) is 6.04 Å². The summed E-state index contributed by atoms with van der Waals surface area (Å²) < 4.78 is 5.77. The fourth-order valence-electron chi connectivity index (χ4n) is 4.14. The zero-order valence-corrected chi connectivity index (χ0v) is 16.4. The summed E-state index contributed by atoms with van der Waals surface area (Å²) in [6.07, 6.45) is 4.75. The van der Waals surface area contributed by atoms with Crippen molar-refractivity contribution in [2.45, 2.75) is 44.7 Å². The molecule has 1 aliphatic rings. The van der Waals surface area contributed by atoms with Crippen molar-refractivity contribution in [3.05, 3.63) is 72.0 Å². The highest BCUT2D eigenvalue weighted by atomic mass is 16.3. The van der Waals surface area contributed by atoms with Crippen LogP contribution in [0, 0.1) is 0 Å². The van der Waals surface area contributed by atoms with Crippen LogP contribution in [0.1, 0.15) is 54.8 Å². The predicted octanol–water partition coefficient (Wildman–Crippen LogP) is 5.17. The number of furan rings is 1. The lowest BCUT2D eigenvalue weighted by Crippen LogP contribution is -2.40. The molecule has 146 valence electrons. The number of carbonyl (C=O) groups is 1. The molecular formula is C24H28N2O2. The zero-order chi connectivity index (χ0) is 19.3. The molecule has 28 heavy (non-hydrogen) atoms. The first kappa shape index (κ1) is 18.8. The molecule has 1 aliphatic heterocycles. The molecule has 1 fully saturated rings. The number of hydrogen-bond acceptors (Lipinski definition) is 3. The van der Waals surface area contributed by atoms with E-state index in [0.717, 1.165) is 36.0 Å². The number of para-hydroxylation sites is 1. The highest BCUT2D eigenvalue weighted by Crippen LogP contribution is 2.25. The van der Waals surface area contributed by atoms with E-state index in [0.29, 0.717) is 11.8 Å². The topological polar surface area (TPSA) is 45.5 Å². The fraction of sp³-hybridized carbons (Fsp3) is 0.375. The highest BCUT2D eigenvalue weighted by Gasteiger charge is 2.24. The van der Waals surface area contributed by atoms with Gasteiger partial charge < -0.3 is 14.6 Å². The predicted molar refractivity (Wildman–Crippen MR) is 112 cm³/mol. The molecule has 2 aromatic carbocycles. The van der Waals surface area contributed by atoms with E-state index in [1.54, 1.807) is 0 Å². The summed E-state index contributed by atoms with van der Waals surface area (Å²) in [7, 11) is 0. The van der Waals surface area contributed by atoms with E-state index < -0.39 is 0 Å². The second kappa shape index (κ2) is 8.61. The Labute approximate surface area is 166 Å². The van der Waals surface area contributed by atoms with Crippen molar-refractivity contribution in [1.82, 2.24) is 10.2 Å². The van der Waals surface area contributed by atoms with Crippen LogP contribution < -0.4 is 5.32 Å². The van der Waals surface area contributed by atoms with Crippen molar-refractivity contribution in [3.8, 4) is 0 Å². The summed E-state index contributed by atoms with van der Waals surface area (Å²) in [6.45, 7) is 4.58. The number of benzene rings is 2. The third-order valence-electron chi connectivity index (χ3n) is 5.75. The molecule has 4 rings (SSSR count). The number of rotatable bonds is 6. The number of nitrogens with one attached hydrogen (secondary N) is 1. The highest BCUT2D eigenvalue weighted by molar-refractivity contribution is 5.96. The molecule has 1 amide bonds. The SMILES string of the molecule is CC(CC(NC(=O)c1cc2ccccc2o1)c1ccccc1)N1CCCCC1. The zero-order valence-electron chi connectivity index (χ0n) is 16.4. The Kier molecular flexibility index (Phi) is 5.77. The lowest BCUT2D eigenvalue weighted by molar-refractivity contribution is 0.0893. The Hall–Kier alpha value is -2.59. The van der Waals surface area contributed by atoms with Crippen molar-refractivity contribution in [3.63, 3.8) is 0 Å². The molecule has 0 spiro atoms. The summed E-state index contributed by atoms with van der Waals surface area (Å²) in [5, 5.41) is 4.17. The minimum Gasteiger partial charge on any atom is -0.451 e. The van der Waals surface area contributed by atoms with E-state index in [-0.39, 0.29) is 11.9 Å². The number of likely N-dealkylation sites (tertiary alicyclic amines) is 1. The number of nitrogens with zero attached hydrogens (tertiary/aromatic N) is 1. The van der Waals surface area contributed by atoms with Gasteiger partial charge in [0, 0.05) is 11.4 Å². The van der Waals surface area contributed by atoms with Gasteiger partial charge in [0.2, 0.25) is 0 Å². The van der Waals surface area contributed by atoms with Gasteiger partial charge in [0.25, 0.3) is 5.91 Å². The van der Waals surface area contributed by atoms with Gasteiger partial charge in [0.15, 0.2) is 5.76 Å². The first-order valence-corrected chi connectivity index (χ1v) is 10.3. The van der Waals surface area contributed by atoms with E-state index in [1.165, 1.54) is 19.3 Å². The fourth-order valence-corrected chi connectivity index (χ4v) is 4.14. The standard InChI is InChI=1S/C24H28N2O2/c1-18(26-14-8-3-9-15-26)16-21(19-10-4-2-5-11-19)25-24(27)23-17-20-12-6-7-13-22(20)28-23/h2,4-7,10-13,17-18,21H,3,8-9,14-16H2,1H3,(H,25,27).